The van der Waals surface area contributed by atoms with Gasteiger partial charge in [-0.1, -0.05) is 111 Å². The molecule has 0 saturated carbocycles. The molecule has 0 aliphatic carbocycles. The van der Waals surface area contributed by atoms with E-state index in [9.17, 15) is 0 Å². The Kier molecular flexibility index (Phi) is 14.2. The second kappa shape index (κ2) is 20.2. The summed E-state index contributed by atoms with van der Waals surface area (Å²) in [5.74, 6) is 9.47. The molecule has 0 aliphatic rings. The summed E-state index contributed by atoms with van der Waals surface area (Å²) in [5.41, 5.74) is 14.1. The van der Waals surface area contributed by atoms with Gasteiger partial charge in [0.05, 0.1) is 16.9 Å². The van der Waals surface area contributed by atoms with E-state index in [2.05, 4.69) is 216 Å². The van der Waals surface area contributed by atoms with Gasteiger partial charge in [-0.25, -0.2) is 4.98 Å². The molecule has 0 N–H and O–H groups in total. The molecule has 353 valence electrons. The molecule has 4 aromatic heterocycles. The van der Waals surface area contributed by atoms with E-state index >= 15 is 0 Å². The maximum Gasteiger partial charge on any atom is 0.113 e. The fourth-order valence-electron chi connectivity index (χ4n) is 9.95. The van der Waals surface area contributed by atoms with Gasteiger partial charge in [0.15, 0.2) is 0 Å². The van der Waals surface area contributed by atoms with Crippen LogP contribution < -0.4 is 4.40 Å². The first-order valence-electron chi connectivity index (χ1n) is 24.5. The minimum absolute atomic E-state index is 0. The molecule has 0 atom stereocenters. The van der Waals surface area contributed by atoms with E-state index in [1.54, 1.807) is 15.7 Å². The van der Waals surface area contributed by atoms with Crippen LogP contribution in [0.1, 0.15) is 75.8 Å². The fraction of sp³-hybridized carbons (Fsp3) is 0.222. The topological polar surface area (TPSA) is 43.6 Å². The quantitative estimate of drug-likeness (QED) is 0.0822. The monoisotopic (exact) mass is 1170 g/mol. The van der Waals surface area contributed by atoms with Crippen molar-refractivity contribution in [2.45, 2.75) is 84.0 Å². The Hall–Kier alpha value is -5.76. The number of nitrogens with zero attached hydrogens (tertiary/aromatic N) is 4. The average molecular weight is 1170 g/mol. The number of hydrogen-bond donors (Lipinski definition) is 0. The van der Waals surface area contributed by atoms with Crippen LogP contribution in [0.4, 0.5) is 0 Å². The predicted octanol–water partition coefficient (Wildman–Crippen LogP) is 17.1. The van der Waals surface area contributed by atoms with E-state index < -0.39 is 13.3 Å². The van der Waals surface area contributed by atoms with Crippen LogP contribution in [-0.4, -0.2) is 32.8 Å². The number of pyridine rings is 2. The molecule has 4 heterocycles. The van der Waals surface area contributed by atoms with Gasteiger partial charge in [0.1, 0.15) is 4.83 Å². The standard InChI is InChI=1S/C45H36N3S.C18H24GeN.Ir/c1-26(2)37-22-32(29-12-7-6-8-13-29)23-38(27(3)4)42(37)48-41-24-31-20-19-30-14-9-10-15-33(30)39(31)25-40(41)47-44(48)36-17-11-16-34-35-21-18-28(5)46-45(35)49-43(34)36;1-14(2)11-16-12-18(15-9-7-6-8-10-15)20-13-17(16)19(3,4)5;/h6-16,18-27H,1-5H3;6-9,12-14H,11H2,1-5H3;/q2*-1;. The summed E-state index contributed by atoms with van der Waals surface area (Å²) in [7, 11) is 0. The number of benzene rings is 7. The number of aryl methyl sites for hydroxylation is 1. The molecule has 0 bridgehead atoms. The first-order chi connectivity index (χ1) is 33.2. The first kappa shape index (κ1) is 49.2. The Morgan fingerprint density at radius 1 is 0.629 bits per heavy atom. The molecular formula is C63H60GeIrN4S-2. The molecule has 0 aliphatic heterocycles. The van der Waals surface area contributed by atoms with Crippen molar-refractivity contribution in [3.63, 3.8) is 0 Å². The van der Waals surface area contributed by atoms with Gasteiger partial charge < -0.3 is 4.57 Å². The van der Waals surface area contributed by atoms with Crippen molar-refractivity contribution in [1.29, 1.82) is 0 Å². The summed E-state index contributed by atoms with van der Waals surface area (Å²) < 4.78 is 5.16. The molecule has 0 spiro atoms. The number of fused-ring (bicyclic) bond motifs is 7. The second-order valence-corrected chi connectivity index (χ2v) is 32.2. The van der Waals surface area contributed by atoms with Crippen molar-refractivity contribution in [3.05, 3.63) is 186 Å². The van der Waals surface area contributed by atoms with Crippen molar-refractivity contribution in [2.24, 2.45) is 5.92 Å². The minimum Gasteiger partial charge on any atom is -0.333 e. The van der Waals surface area contributed by atoms with Gasteiger partial charge in [-0.3, -0.25) is 4.98 Å². The van der Waals surface area contributed by atoms with Gasteiger partial charge in [-0.05, 0) is 103 Å². The molecular weight excluding hydrogens is 1110 g/mol. The summed E-state index contributed by atoms with van der Waals surface area (Å²) >= 11 is -0.117. The first-order valence-corrected chi connectivity index (χ1v) is 32.6. The van der Waals surface area contributed by atoms with E-state index in [4.69, 9.17) is 15.0 Å². The fourth-order valence-corrected chi connectivity index (χ4v) is 14.5. The summed E-state index contributed by atoms with van der Waals surface area (Å²) in [6.07, 6.45) is 3.27. The predicted molar refractivity (Wildman–Crippen MR) is 299 cm³/mol. The molecule has 0 saturated heterocycles. The van der Waals surface area contributed by atoms with Gasteiger partial charge in [-0.2, -0.15) is 11.3 Å². The van der Waals surface area contributed by atoms with Crippen LogP contribution in [-0.2, 0) is 26.5 Å². The second-order valence-electron chi connectivity index (χ2n) is 20.7. The van der Waals surface area contributed by atoms with Crippen molar-refractivity contribution >= 4 is 81.9 Å². The van der Waals surface area contributed by atoms with E-state index in [1.165, 1.54) is 70.5 Å². The zero-order chi connectivity index (χ0) is 48.1. The Bertz CT molecular complexity index is 3650. The van der Waals surface area contributed by atoms with Crippen LogP contribution in [0.2, 0.25) is 17.3 Å². The van der Waals surface area contributed by atoms with Gasteiger partial charge in [0.25, 0.3) is 0 Å². The number of imidazole rings is 1. The third-order valence-electron chi connectivity index (χ3n) is 13.3. The summed E-state index contributed by atoms with van der Waals surface area (Å²) in [4.78, 5) is 16.2. The molecule has 7 heteroatoms. The van der Waals surface area contributed by atoms with E-state index in [1.807, 2.05) is 18.2 Å². The summed E-state index contributed by atoms with van der Waals surface area (Å²) in [6, 6.07) is 59.2. The normalized spacial score (nSPS) is 11.9. The molecule has 0 fully saturated rings. The van der Waals surface area contributed by atoms with Crippen LogP contribution >= 0.6 is 11.3 Å². The molecule has 1 radical (unpaired) electrons. The van der Waals surface area contributed by atoms with Crippen LogP contribution in [0, 0.1) is 25.0 Å². The molecule has 7 aromatic carbocycles. The smallest absolute Gasteiger partial charge is 0.113 e. The van der Waals surface area contributed by atoms with E-state index in [-0.39, 0.29) is 31.9 Å². The van der Waals surface area contributed by atoms with E-state index in [0.717, 1.165) is 50.6 Å². The molecule has 0 amide bonds. The number of rotatable bonds is 9. The molecule has 70 heavy (non-hydrogen) atoms. The Morgan fingerprint density at radius 3 is 2.04 bits per heavy atom. The van der Waals surface area contributed by atoms with Crippen LogP contribution in [0.15, 0.2) is 152 Å². The summed E-state index contributed by atoms with van der Waals surface area (Å²) in [5, 5.41) is 7.29. The van der Waals surface area contributed by atoms with Gasteiger partial charge in [0, 0.05) is 31.5 Å². The molecule has 0 unspecified atom stereocenters. The molecule has 11 rings (SSSR count). The maximum atomic E-state index is 5.55. The Labute approximate surface area is 434 Å². The van der Waals surface area contributed by atoms with Gasteiger partial charge in [0.2, 0.25) is 0 Å². The van der Waals surface area contributed by atoms with Gasteiger partial charge >= 0.3 is 126 Å². The summed E-state index contributed by atoms with van der Waals surface area (Å²) in [6.45, 7) is 15.9. The maximum absolute atomic E-state index is 5.55. The molecule has 11 aromatic rings. The van der Waals surface area contributed by atoms with Crippen LogP contribution in [0.25, 0.3) is 92.3 Å². The number of thiophene rings is 1. The van der Waals surface area contributed by atoms with E-state index in [0.29, 0.717) is 5.92 Å². The number of hydrogen-bond acceptors (Lipinski definition) is 4. The van der Waals surface area contributed by atoms with Crippen molar-refractivity contribution < 1.29 is 20.1 Å². The van der Waals surface area contributed by atoms with Crippen molar-refractivity contribution in [1.82, 2.24) is 19.5 Å². The Balaban J connectivity index is 0.000000244. The zero-order valence-corrected chi connectivity index (χ0v) is 47.2. The van der Waals surface area contributed by atoms with Crippen molar-refractivity contribution in [2.75, 3.05) is 0 Å². The SMILES string of the molecule is CC(C)Cc1cc(-c2[c-]cccc2)nc[c]1[Ge]([CH3])([CH3])[CH3].Cc1ccc2c(n1)sc1c(-c3nc4cc5c(ccc6ccccc65)cc4n3-c3c(C(C)C)cc(-c4ccccc4)cc3C(C)C)[c-]ccc12.[Ir]. The zero-order valence-electron chi connectivity index (χ0n) is 41.9. The van der Waals surface area contributed by atoms with Crippen LogP contribution in [0.5, 0.6) is 0 Å². The number of aromatic nitrogens is 4. The van der Waals surface area contributed by atoms with Crippen LogP contribution in [0.3, 0.4) is 0 Å². The van der Waals surface area contributed by atoms with Gasteiger partial charge in [-0.15, -0.1) is 18.2 Å². The van der Waals surface area contributed by atoms with Crippen molar-refractivity contribution in [3.8, 4) is 39.5 Å². The third kappa shape index (κ3) is 9.56. The third-order valence-corrected chi connectivity index (χ3v) is 18.8. The largest absolute Gasteiger partial charge is 0.333 e. The molecule has 4 nitrogen and oxygen atoms in total. The minimum atomic E-state index is -1.86. The Morgan fingerprint density at radius 2 is 1.34 bits per heavy atom. The average Bonchev–Trinajstić information content (AvgIpc) is 3.90.